The molecule has 2 rings (SSSR count). The van der Waals surface area contributed by atoms with Crippen LogP contribution in [0.1, 0.15) is 12.5 Å². The van der Waals surface area contributed by atoms with Crippen LogP contribution in [0.2, 0.25) is 5.02 Å². The molecule has 8 heteroatoms. The van der Waals surface area contributed by atoms with Gasteiger partial charge in [0.2, 0.25) is 10.0 Å². The summed E-state index contributed by atoms with van der Waals surface area (Å²) in [4.78, 5) is 14.1. The summed E-state index contributed by atoms with van der Waals surface area (Å²) < 4.78 is 30.1. The van der Waals surface area contributed by atoms with Gasteiger partial charge in [-0.05, 0) is 37.6 Å². The van der Waals surface area contributed by atoms with Gasteiger partial charge in [0.05, 0.1) is 6.26 Å². The SMILES string of the molecule is Cc1cc(Cl)ccc1OC(C)C(=O)N1CCN(S(C)(=O)=O)CC1. The maximum Gasteiger partial charge on any atom is 0.263 e. The van der Waals surface area contributed by atoms with Crippen molar-refractivity contribution in [2.75, 3.05) is 32.4 Å². The minimum absolute atomic E-state index is 0.146. The van der Waals surface area contributed by atoms with E-state index in [2.05, 4.69) is 0 Å². The fourth-order valence-corrected chi connectivity index (χ4v) is 3.54. The first-order valence-corrected chi connectivity index (χ1v) is 9.58. The number of aryl methyl sites for hydroxylation is 1. The van der Waals surface area contributed by atoms with E-state index in [1.165, 1.54) is 10.6 Å². The topological polar surface area (TPSA) is 66.9 Å². The van der Waals surface area contributed by atoms with Crippen molar-refractivity contribution in [1.29, 1.82) is 0 Å². The fourth-order valence-electron chi connectivity index (χ4n) is 2.48. The van der Waals surface area contributed by atoms with Crippen LogP contribution in [0.5, 0.6) is 5.75 Å². The van der Waals surface area contributed by atoms with Crippen LogP contribution in [0, 0.1) is 6.92 Å². The van der Waals surface area contributed by atoms with Gasteiger partial charge in [-0.3, -0.25) is 4.79 Å². The lowest BCUT2D eigenvalue weighted by molar-refractivity contribution is -0.139. The summed E-state index contributed by atoms with van der Waals surface area (Å²) in [5.74, 6) is 0.470. The van der Waals surface area contributed by atoms with E-state index in [0.717, 1.165) is 5.56 Å². The summed E-state index contributed by atoms with van der Waals surface area (Å²) >= 11 is 5.90. The van der Waals surface area contributed by atoms with Gasteiger partial charge in [-0.15, -0.1) is 0 Å². The number of sulfonamides is 1. The van der Waals surface area contributed by atoms with E-state index in [0.29, 0.717) is 37.0 Å². The number of carbonyl (C=O) groups excluding carboxylic acids is 1. The number of carbonyl (C=O) groups is 1. The molecular weight excluding hydrogens is 340 g/mol. The highest BCUT2D eigenvalue weighted by atomic mass is 35.5. The molecule has 1 atom stereocenters. The molecule has 1 aliphatic rings. The third-order valence-corrected chi connectivity index (χ3v) is 5.35. The Bertz CT molecular complexity index is 685. The van der Waals surface area contributed by atoms with E-state index in [-0.39, 0.29) is 5.91 Å². The molecule has 1 amide bonds. The molecule has 128 valence electrons. The Morgan fingerprint density at radius 1 is 1.26 bits per heavy atom. The molecule has 0 aliphatic carbocycles. The van der Waals surface area contributed by atoms with Crippen molar-refractivity contribution in [2.45, 2.75) is 20.0 Å². The normalized spacial score (nSPS) is 17.8. The molecule has 0 spiro atoms. The number of halogens is 1. The molecule has 0 N–H and O–H groups in total. The molecular formula is C15H21ClN2O4S. The number of ether oxygens (including phenoxy) is 1. The Balaban J connectivity index is 1.95. The van der Waals surface area contributed by atoms with Crippen LogP contribution < -0.4 is 4.74 Å². The number of hydrogen-bond donors (Lipinski definition) is 0. The van der Waals surface area contributed by atoms with Crippen LogP contribution in [0.15, 0.2) is 18.2 Å². The van der Waals surface area contributed by atoms with Gasteiger partial charge in [0.1, 0.15) is 5.75 Å². The highest BCUT2D eigenvalue weighted by molar-refractivity contribution is 7.88. The Hall–Kier alpha value is -1.31. The Morgan fingerprint density at radius 3 is 2.39 bits per heavy atom. The first kappa shape index (κ1) is 18.0. The van der Waals surface area contributed by atoms with Gasteiger partial charge in [-0.1, -0.05) is 11.6 Å². The van der Waals surface area contributed by atoms with E-state index >= 15 is 0 Å². The summed E-state index contributed by atoms with van der Waals surface area (Å²) in [6, 6.07) is 5.23. The second-order valence-electron chi connectivity index (χ2n) is 5.66. The van der Waals surface area contributed by atoms with Gasteiger partial charge in [0.15, 0.2) is 6.10 Å². The lowest BCUT2D eigenvalue weighted by Gasteiger charge is -2.34. The van der Waals surface area contributed by atoms with Crippen molar-refractivity contribution in [2.24, 2.45) is 0 Å². The van der Waals surface area contributed by atoms with E-state index in [9.17, 15) is 13.2 Å². The molecule has 23 heavy (non-hydrogen) atoms. The number of piperazine rings is 1. The van der Waals surface area contributed by atoms with Crippen LogP contribution in [0.3, 0.4) is 0 Å². The van der Waals surface area contributed by atoms with Gasteiger partial charge in [0, 0.05) is 31.2 Å². The summed E-state index contributed by atoms with van der Waals surface area (Å²) in [6.07, 6.45) is 0.541. The van der Waals surface area contributed by atoms with Gasteiger partial charge in [-0.2, -0.15) is 4.31 Å². The van der Waals surface area contributed by atoms with Crippen LogP contribution in [0.4, 0.5) is 0 Å². The molecule has 1 unspecified atom stereocenters. The van der Waals surface area contributed by atoms with Crippen molar-refractivity contribution in [1.82, 2.24) is 9.21 Å². The maximum atomic E-state index is 12.4. The maximum absolute atomic E-state index is 12.4. The molecule has 1 saturated heterocycles. The van der Waals surface area contributed by atoms with Crippen molar-refractivity contribution >= 4 is 27.5 Å². The van der Waals surface area contributed by atoms with Crippen molar-refractivity contribution < 1.29 is 17.9 Å². The average Bonchev–Trinajstić information content (AvgIpc) is 2.48. The van der Waals surface area contributed by atoms with Crippen molar-refractivity contribution in [3.63, 3.8) is 0 Å². The van der Waals surface area contributed by atoms with Crippen molar-refractivity contribution in [3.05, 3.63) is 28.8 Å². The largest absolute Gasteiger partial charge is 0.481 e. The van der Waals surface area contributed by atoms with Crippen LogP contribution in [-0.2, 0) is 14.8 Å². The van der Waals surface area contributed by atoms with Crippen LogP contribution in [-0.4, -0.2) is 62.1 Å². The lowest BCUT2D eigenvalue weighted by atomic mass is 10.2. The van der Waals surface area contributed by atoms with Crippen molar-refractivity contribution in [3.8, 4) is 5.75 Å². The molecule has 6 nitrogen and oxygen atoms in total. The summed E-state index contributed by atoms with van der Waals surface area (Å²) in [5.41, 5.74) is 0.860. The van der Waals surface area contributed by atoms with E-state index in [1.807, 2.05) is 6.92 Å². The third kappa shape index (κ3) is 4.59. The number of rotatable bonds is 4. The highest BCUT2D eigenvalue weighted by Crippen LogP contribution is 2.23. The van der Waals surface area contributed by atoms with Gasteiger partial charge in [-0.25, -0.2) is 8.42 Å². The zero-order valence-electron chi connectivity index (χ0n) is 13.5. The second-order valence-corrected chi connectivity index (χ2v) is 8.08. The fraction of sp³-hybridized carbons (Fsp3) is 0.533. The number of hydrogen-bond acceptors (Lipinski definition) is 4. The first-order valence-electron chi connectivity index (χ1n) is 7.35. The zero-order chi connectivity index (χ0) is 17.2. The molecule has 0 saturated carbocycles. The predicted octanol–water partition coefficient (Wildman–Crippen LogP) is 1.52. The average molecular weight is 361 g/mol. The Kier molecular flexibility index (Phi) is 5.54. The number of amides is 1. The lowest BCUT2D eigenvalue weighted by Crippen LogP contribution is -2.53. The van der Waals surface area contributed by atoms with E-state index in [1.54, 1.807) is 30.0 Å². The van der Waals surface area contributed by atoms with Crippen LogP contribution >= 0.6 is 11.6 Å². The monoisotopic (exact) mass is 360 g/mol. The minimum Gasteiger partial charge on any atom is -0.481 e. The predicted molar refractivity (Wildman–Crippen MR) is 89.3 cm³/mol. The standard InChI is InChI=1S/C15H21ClN2O4S/c1-11-10-13(16)4-5-14(11)22-12(2)15(19)17-6-8-18(9-7-17)23(3,20)21/h4-5,10,12H,6-9H2,1-3H3. The number of nitrogens with zero attached hydrogens (tertiary/aromatic N) is 2. The molecule has 1 aliphatic heterocycles. The highest BCUT2D eigenvalue weighted by Gasteiger charge is 2.29. The molecule has 1 heterocycles. The Labute approximate surface area is 142 Å². The van der Waals surface area contributed by atoms with Gasteiger partial charge < -0.3 is 9.64 Å². The Morgan fingerprint density at radius 2 is 1.87 bits per heavy atom. The third-order valence-electron chi connectivity index (χ3n) is 3.81. The van der Waals surface area contributed by atoms with Gasteiger partial charge >= 0.3 is 0 Å². The molecule has 1 aromatic carbocycles. The summed E-state index contributed by atoms with van der Waals surface area (Å²) in [6.45, 7) is 4.94. The second kappa shape index (κ2) is 7.07. The van der Waals surface area contributed by atoms with E-state index in [4.69, 9.17) is 16.3 Å². The summed E-state index contributed by atoms with van der Waals surface area (Å²) in [7, 11) is -3.20. The molecule has 0 bridgehead atoms. The molecule has 1 fully saturated rings. The molecule has 0 radical (unpaired) electrons. The quantitative estimate of drug-likeness (QED) is 0.816. The van der Waals surface area contributed by atoms with Gasteiger partial charge in [0.25, 0.3) is 5.91 Å². The van der Waals surface area contributed by atoms with E-state index < -0.39 is 16.1 Å². The minimum atomic E-state index is -3.20. The number of benzene rings is 1. The zero-order valence-corrected chi connectivity index (χ0v) is 15.0. The van der Waals surface area contributed by atoms with Crippen LogP contribution in [0.25, 0.3) is 0 Å². The molecule has 0 aromatic heterocycles. The summed E-state index contributed by atoms with van der Waals surface area (Å²) in [5, 5.41) is 0.616. The molecule has 1 aromatic rings. The first-order chi connectivity index (χ1) is 10.7. The smallest absolute Gasteiger partial charge is 0.263 e.